The largest absolute Gasteiger partial charge is 0.492 e. The minimum Gasteiger partial charge on any atom is -0.492 e. The maximum atomic E-state index is 12.4. The molecule has 0 saturated carbocycles. The minimum atomic E-state index is -0.289. The van der Waals surface area contributed by atoms with Gasteiger partial charge in [0.15, 0.2) is 5.13 Å². The van der Waals surface area contributed by atoms with Crippen molar-refractivity contribution >= 4 is 45.4 Å². The molecule has 0 unspecified atom stereocenters. The van der Waals surface area contributed by atoms with Crippen molar-refractivity contribution in [2.45, 2.75) is 6.92 Å². The van der Waals surface area contributed by atoms with E-state index in [0.717, 1.165) is 5.69 Å². The van der Waals surface area contributed by atoms with Gasteiger partial charge >= 0.3 is 0 Å². The van der Waals surface area contributed by atoms with E-state index >= 15 is 0 Å². The molecule has 0 fully saturated rings. The number of nitrogens with zero attached hydrogens (tertiary/aromatic N) is 1. The average Bonchev–Trinajstić information content (AvgIpc) is 3.05. The quantitative estimate of drug-likeness (QED) is 0.624. The number of thiazole rings is 1. The van der Waals surface area contributed by atoms with Crippen LogP contribution in [-0.4, -0.2) is 17.5 Å². The fourth-order valence-electron chi connectivity index (χ4n) is 2.16. The summed E-state index contributed by atoms with van der Waals surface area (Å²) in [6, 6.07) is 14.6. The zero-order chi connectivity index (χ0) is 17.6. The number of nitrogens with one attached hydrogen (secondary N) is 2. The van der Waals surface area contributed by atoms with E-state index in [4.69, 9.17) is 16.3 Å². The number of hydrogen-bond donors (Lipinski definition) is 2. The highest BCUT2D eigenvalue weighted by atomic mass is 35.5. The van der Waals surface area contributed by atoms with Gasteiger partial charge in [0, 0.05) is 16.1 Å². The topological polar surface area (TPSA) is 63.2 Å². The van der Waals surface area contributed by atoms with Gasteiger partial charge in [0.1, 0.15) is 11.4 Å². The Kier molecular flexibility index (Phi) is 5.53. The van der Waals surface area contributed by atoms with Crippen LogP contribution in [0, 0.1) is 0 Å². The van der Waals surface area contributed by atoms with Crippen LogP contribution < -0.4 is 15.4 Å². The number of anilines is 3. The van der Waals surface area contributed by atoms with Crippen LogP contribution >= 0.6 is 22.9 Å². The molecule has 0 aliphatic carbocycles. The lowest BCUT2D eigenvalue weighted by molar-refractivity contribution is 0.102. The number of ether oxygens (including phenoxy) is 1. The van der Waals surface area contributed by atoms with E-state index in [1.807, 2.05) is 37.3 Å². The number of benzene rings is 2. The molecule has 0 atom stereocenters. The van der Waals surface area contributed by atoms with Gasteiger partial charge < -0.3 is 15.4 Å². The summed E-state index contributed by atoms with van der Waals surface area (Å²) in [6.07, 6.45) is 0. The third kappa shape index (κ3) is 4.49. The average molecular weight is 374 g/mol. The van der Waals surface area contributed by atoms with Crippen LogP contribution in [0.15, 0.2) is 53.9 Å². The van der Waals surface area contributed by atoms with Crippen molar-refractivity contribution in [1.82, 2.24) is 4.98 Å². The molecule has 128 valence electrons. The van der Waals surface area contributed by atoms with Crippen LogP contribution in [0.3, 0.4) is 0 Å². The molecule has 3 aromatic rings. The zero-order valence-corrected chi connectivity index (χ0v) is 15.0. The van der Waals surface area contributed by atoms with E-state index in [9.17, 15) is 4.79 Å². The van der Waals surface area contributed by atoms with E-state index in [1.54, 1.807) is 23.6 Å². The van der Waals surface area contributed by atoms with Crippen molar-refractivity contribution in [2.75, 3.05) is 17.2 Å². The van der Waals surface area contributed by atoms with Gasteiger partial charge in [0.25, 0.3) is 5.91 Å². The van der Waals surface area contributed by atoms with Crippen LogP contribution in [0.25, 0.3) is 0 Å². The van der Waals surface area contributed by atoms with Crippen molar-refractivity contribution in [3.05, 3.63) is 64.6 Å². The maximum Gasteiger partial charge on any atom is 0.275 e. The van der Waals surface area contributed by atoms with E-state index in [0.29, 0.717) is 33.9 Å². The molecule has 0 spiro atoms. The number of carbonyl (C=O) groups is 1. The van der Waals surface area contributed by atoms with Crippen molar-refractivity contribution in [3.63, 3.8) is 0 Å². The van der Waals surface area contributed by atoms with Gasteiger partial charge in [-0.05, 0) is 37.3 Å². The first kappa shape index (κ1) is 17.3. The minimum absolute atomic E-state index is 0.289. The molecule has 25 heavy (non-hydrogen) atoms. The van der Waals surface area contributed by atoms with Gasteiger partial charge in [-0.15, -0.1) is 11.3 Å². The Morgan fingerprint density at radius 1 is 1.24 bits per heavy atom. The number of rotatable bonds is 6. The molecule has 2 aromatic carbocycles. The second kappa shape index (κ2) is 8.00. The summed E-state index contributed by atoms with van der Waals surface area (Å²) in [5, 5.41) is 8.91. The first-order valence-electron chi connectivity index (χ1n) is 7.67. The van der Waals surface area contributed by atoms with Crippen LogP contribution in [-0.2, 0) is 0 Å². The lowest BCUT2D eigenvalue weighted by Gasteiger charge is -2.10. The van der Waals surface area contributed by atoms with Gasteiger partial charge in [0.2, 0.25) is 0 Å². The summed E-state index contributed by atoms with van der Waals surface area (Å²) in [5.41, 5.74) is 1.77. The number of aromatic nitrogens is 1. The van der Waals surface area contributed by atoms with Gasteiger partial charge in [0.05, 0.1) is 12.3 Å². The summed E-state index contributed by atoms with van der Waals surface area (Å²) in [4.78, 5) is 16.7. The molecule has 3 rings (SSSR count). The molecule has 2 N–H and O–H groups in total. The predicted octanol–water partition coefficient (Wildman–Crippen LogP) is 5.19. The molecule has 7 heteroatoms. The third-order valence-corrected chi connectivity index (χ3v) is 4.24. The van der Waals surface area contributed by atoms with Gasteiger partial charge in [-0.1, -0.05) is 29.8 Å². The Hall–Kier alpha value is -2.57. The summed E-state index contributed by atoms with van der Waals surface area (Å²) < 4.78 is 5.51. The molecule has 0 aliphatic heterocycles. The van der Waals surface area contributed by atoms with E-state index < -0.39 is 0 Å². The number of para-hydroxylation sites is 2. The van der Waals surface area contributed by atoms with Crippen LogP contribution in [0.5, 0.6) is 5.75 Å². The van der Waals surface area contributed by atoms with Crippen molar-refractivity contribution < 1.29 is 9.53 Å². The molecule has 0 bridgehead atoms. The lowest BCUT2D eigenvalue weighted by atomic mass is 10.3. The highest BCUT2D eigenvalue weighted by molar-refractivity contribution is 7.14. The van der Waals surface area contributed by atoms with Crippen LogP contribution in [0.4, 0.5) is 16.5 Å². The highest BCUT2D eigenvalue weighted by Crippen LogP contribution is 2.26. The summed E-state index contributed by atoms with van der Waals surface area (Å²) >= 11 is 7.31. The molecule has 1 aromatic heterocycles. The number of amides is 1. The second-order valence-corrected chi connectivity index (χ2v) is 6.35. The third-order valence-electron chi connectivity index (χ3n) is 3.25. The fourth-order valence-corrected chi connectivity index (χ4v) is 3.06. The van der Waals surface area contributed by atoms with Crippen molar-refractivity contribution in [3.8, 4) is 5.75 Å². The second-order valence-electron chi connectivity index (χ2n) is 5.06. The summed E-state index contributed by atoms with van der Waals surface area (Å²) in [6.45, 7) is 2.42. The van der Waals surface area contributed by atoms with Gasteiger partial charge in [-0.2, -0.15) is 0 Å². The fraction of sp³-hybridized carbons (Fsp3) is 0.111. The summed E-state index contributed by atoms with van der Waals surface area (Å²) in [7, 11) is 0. The molecular formula is C18H16ClN3O2S. The van der Waals surface area contributed by atoms with Crippen LogP contribution in [0.1, 0.15) is 17.4 Å². The number of hydrogen-bond acceptors (Lipinski definition) is 5. The lowest BCUT2D eigenvalue weighted by Crippen LogP contribution is -2.13. The van der Waals surface area contributed by atoms with Gasteiger partial charge in [-0.3, -0.25) is 4.79 Å². The Balaban J connectivity index is 1.71. The van der Waals surface area contributed by atoms with E-state index in [-0.39, 0.29) is 5.91 Å². The Labute approximate surface area is 154 Å². The molecule has 0 aliphatic rings. The van der Waals surface area contributed by atoms with Gasteiger partial charge in [-0.25, -0.2) is 4.98 Å². The predicted molar refractivity (Wildman–Crippen MR) is 102 cm³/mol. The zero-order valence-electron chi connectivity index (χ0n) is 13.5. The molecule has 1 amide bonds. The maximum absolute atomic E-state index is 12.4. The molecular weight excluding hydrogens is 358 g/mol. The molecule has 1 heterocycles. The smallest absolute Gasteiger partial charge is 0.275 e. The number of halogens is 1. The SMILES string of the molecule is CCOc1ccccc1NC(=O)c1csc(Nc2cccc(Cl)c2)n1. The first-order valence-corrected chi connectivity index (χ1v) is 8.93. The molecule has 0 radical (unpaired) electrons. The van der Waals surface area contributed by atoms with Crippen molar-refractivity contribution in [2.24, 2.45) is 0 Å². The van der Waals surface area contributed by atoms with Crippen molar-refractivity contribution in [1.29, 1.82) is 0 Å². The normalized spacial score (nSPS) is 10.3. The Morgan fingerprint density at radius 3 is 2.88 bits per heavy atom. The summed E-state index contributed by atoms with van der Waals surface area (Å²) in [5.74, 6) is 0.341. The number of carbonyl (C=O) groups excluding carboxylic acids is 1. The molecule has 0 saturated heterocycles. The Morgan fingerprint density at radius 2 is 2.08 bits per heavy atom. The van der Waals surface area contributed by atoms with E-state index in [1.165, 1.54) is 11.3 Å². The Bertz CT molecular complexity index is 882. The highest BCUT2D eigenvalue weighted by Gasteiger charge is 2.13. The molecule has 5 nitrogen and oxygen atoms in total. The first-order chi connectivity index (χ1) is 12.2. The standard InChI is InChI=1S/C18H16ClN3O2S/c1-2-24-16-9-4-3-8-14(16)21-17(23)15-11-25-18(22-15)20-13-7-5-6-12(19)10-13/h3-11H,2H2,1H3,(H,20,22)(H,21,23). The van der Waals surface area contributed by atoms with Crippen LogP contribution in [0.2, 0.25) is 5.02 Å². The monoisotopic (exact) mass is 373 g/mol. The van der Waals surface area contributed by atoms with E-state index in [2.05, 4.69) is 15.6 Å².